The highest BCUT2D eigenvalue weighted by atomic mass is 127. The second-order valence-corrected chi connectivity index (χ2v) is 7.20. The number of hydrogen-bond acceptors (Lipinski definition) is 4. The fourth-order valence-electron chi connectivity index (χ4n) is 2.15. The molecule has 1 aromatic heterocycles. The molecule has 1 amide bonds. The van der Waals surface area contributed by atoms with Crippen LogP contribution in [0.3, 0.4) is 0 Å². The molecule has 0 saturated heterocycles. The molecule has 0 unspecified atom stereocenters. The predicted octanol–water partition coefficient (Wildman–Crippen LogP) is 4.12. The molecule has 0 spiro atoms. The van der Waals surface area contributed by atoms with Gasteiger partial charge in [-0.3, -0.25) is 9.89 Å². The fourth-order valence-corrected chi connectivity index (χ4v) is 3.27. The molecule has 0 saturated carbocycles. The molecule has 0 aliphatic carbocycles. The number of nitrogens with zero attached hydrogens (tertiary/aromatic N) is 2. The van der Waals surface area contributed by atoms with Crippen LogP contribution in [0.2, 0.25) is 0 Å². The van der Waals surface area contributed by atoms with Crippen LogP contribution in [0.1, 0.15) is 5.56 Å². The van der Waals surface area contributed by atoms with E-state index in [1.807, 2.05) is 55.5 Å². The predicted molar refractivity (Wildman–Crippen MR) is 105 cm³/mol. The fraction of sp³-hybridized carbons (Fsp3) is 0.118. The van der Waals surface area contributed by atoms with Gasteiger partial charge in [-0.1, -0.05) is 48.2 Å². The van der Waals surface area contributed by atoms with Gasteiger partial charge in [0.2, 0.25) is 11.1 Å². The standard InChI is InChI=1S/C17H15IN4OS/c1-11-6-2-3-7-12(11)16-20-17(22-21-16)24-10-15(23)19-14-9-5-4-8-13(14)18/h2-9H,10H2,1H3,(H,19,23)(H,20,21,22). The maximum absolute atomic E-state index is 12.1. The van der Waals surface area contributed by atoms with Gasteiger partial charge >= 0.3 is 0 Å². The monoisotopic (exact) mass is 450 g/mol. The van der Waals surface area contributed by atoms with Gasteiger partial charge in [-0.15, -0.1) is 5.10 Å². The second kappa shape index (κ2) is 7.80. The van der Waals surface area contributed by atoms with Crippen molar-refractivity contribution in [3.05, 3.63) is 57.7 Å². The molecule has 0 bridgehead atoms. The lowest BCUT2D eigenvalue weighted by Crippen LogP contribution is -2.14. The smallest absolute Gasteiger partial charge is 0.234 e. The van der Waals surface area contributed by atoms with Crippen LogP contribution in [0.15, 0.2) is 53.7 Å². The highest BCUT2D eigenvalue weighted by molar-refractivity contribution is 14.1. The van der Waals surface area contributed by atoms with Gasteiger partial charge in [0, 0.05) is 9.13 Å². The van der Waals surface area contributed by atoms with Crippen molar-refractivity contribution in [1.82, 2.24) is 15.2 Å². The van der Waals surface area contributed by atoms with Gasteiger partial charge in [0.05, 0.1) is 11.4 Å². The molecule has 3 rings (SSSR count). The van der Waals surface area contributed by atoms with E-state index in [0.29, 0.717) is 11.0 Å². The Labute approximate surface area is 157 Å². The normalized spacial score (nSPS) is 10.6. The number of nitrogens with one attached hydrogen (secondary N) is 2. The molecule has 0 aliphatic heterocycles. The number of aromatic nitrogens is 3. The summed E-state index contributed by atoms with van der Waals surface area (Å²) in [6.07, 6.45) is 0. The molecular formula is C17H15IN4OS. The largest absolute Gasteiger partial charge is 0.324 e. The zero-order chi connectivity index (χ0) is 16.9. The number of anilines is 1. The topological polar surface area (TPSA) is 70.7 Å². The lowest BCUT2D eigenvalue weighted by atomic mass is 10.1. The van der Waals surface area contributed by atoms with E-state index in [1.165, 1.54) is 11.8 Å². The Morgan fingerprint density at radius 2 is 1.96 bits per heavy atom. The summed E-state index contributed by atoms with van der Waals surface area (Å²) in [6, 6.07) is 15.6. The van der Waals surface area contributed by atoms with Crippen molar-refractivity contribution in [2.45, 2.75) is 12.1 Å². The summed E-state index contributed by atoms with van der Waals surface area (Å²) in [5.74, 6) is 0.899. The molecule has 0 radical (unpaired) electrons. The number of aromatic amines is 1. The SMILES string of the molecule is Cc1ccccc1-c1nc(SCC(=O)Nc2ccccc2I)n[nH]1. The van der Waals surface area contributed by atoms with Crippen molar-refractivity contribution in [3.8, 4) is 11.4 Å². The molecule has 2 N–H and O–H groups in total. The molecule has 1 heterocycles. The van der Waals surface area contributed by atoms with Crippen LogP contribution in [0.5, 0.6) is 0 Å². The Bertz CT molecular complexity index is 865. The number of aryl methyl sites for hydroxylation is 1. The van der Waals surface area contributed by atoms with Crippen molar-refractivity contribution in [2.75, 3.05) is 11.1 Å². The van der Waals surface area contributed by atoms with Gasteiger partial charge in [0.1, 0.15) is 0 Å². The van der Waals surface area contributed by atoms with E-state index in [4.69, 9.17) is 0 Å². The summed E-state index contributed by atoms with van der Waals surface area (Å²) in [5, 5.41) is 10.6. The number of carbonyl (C=O) groups excluding carboxylic acids is 1. The summed E-state index contributed by atoms with van der Waals surface area (Å²) in [6.45, 7) is 2.03. The van der Waals surface area contributed by atoms with Crippen molar-refractivity contribution in [2.24, 2.45) is 0 Å². The van der Waals surface area contributed by atoms with E-state index in [1.54, 1.807) is 0 Å². The second-order valence-electron chi connectivity index (χ2n) is 5.10. The Morgan fingerprint density at radius 3 is 2.75 bits per heavy atom. The van der Waals surface area contributed by atoms with Crippen molar-refractivity contribution < 1.29 is 4.79 Å². The molecule has 0 fully saturated rings. The van der Waals surface area contributed by atoms with E-state index in [9.17, 15) is 4.79 Å². The van der Waals surface area contributed by atoms with Crippen LogP contribution < -0.4 is 5.32 Å². The van der Waals surface area contributed by atoms with Gasteiger partial charge in [0.15, 0.2) is 5.82 Å². The average molecular weight is 450 g/mol. The third-order valence-corrected chi connectivity index (χ3v) is 5.13. The number of rotatable bonds is 5. The Morgan fingerprint density at radius 1 is 1.21 bits per heavy atom. The molecule has 7 heteroatoms. The molecule has 5 nitrogen and oxygen atoms in total. The molecule has 0 aliphatic rings. The molecule has 0 atom stereocenters. The summed E-state index contributed by atoms with van der Waals surface area (Å²) >= 11 is 3.50. The van der Waals surface area contributed by atoms with Crippen molar-refractivity contribution >= 4 is 45.9 Å². The Kier molecular flexibility index (Phi) is 5.52. The average Bonchev–Trinajstić information content (AvgIpc) is 3.04. The number of H-pyrrole nitrogens is 1. The number of para-hydroxylation sites is 1. The van der Waals surface area contributed by atoms with Crippen LogP contribution >= 0.6 is 34.4 Å². The molecule has 2 aromatic carbocycles. The van der Waals surface area contributed by atoms with E-state index < -0.39 is 0 Å². The summed E-state index contributed by atoms with van der Waals surface area (Å²) < 4.78 is 1.01. The zero-order valence-corrected chi connectivity index (χ0v) is 15.9. The first-order chi connectivity index (χ1) is 11.6. The first kappa shape index (κ1) is 17.0. The maximum atomic E-state index is 12.1. The minimum Gasteiger partial charge on any atom is -0.324 e. The Balaban J connectivity index is 1.61. The van der Waals surface area contributed by atoms with Crippen LogP contribution in [-0.2, 0) is 4.79 Å². The lowest BCUT2D eigenvalue weighted by molar-refractivity contribution is -0.113. The van der Waals surface area contributed by atoms with Crippen LogP contribution in [0, 0.1) is 10.5 Å². The van der Waals surface area contributed by atoms with Gasteiger partial charge in [-0.25, -0.2) is 4.98 Å². The van der Waals surface area contributed by atoms with E-state index >= 15 is 0 Å². The van der Waals surface area contributed by atoms with E-state index in [2.05, 4.69) is 43.1 Å². The van der Waals surface area contributed by atoms with Crippen molar-refractivity contribution in [3.63, 3.8) is 0 Å². The third-order valence-electron chi connectivity index (χ3n) is 3.35. The minimum atomic E-state index is -0.0774. The van der Waals surface area contributed by atoms with Crippen LogP contribution in [0.4, 0.5) is 5.69 Å². The summed E-state index contributed by atoms with van der Waals surface area (Å²) in [7, 11) is 0. The number of thioether (sulfide) groups is 1. The molecule has 122 valence electrons. The minimum absolute atomic E-state index is 0.0774. The molecule has 3 aromatic rings. The number of amides is 1. The maximum Gasteiger partial charge on any atom is 0.234 e. The number of carbonyl (C=O) groups is 1. The first-order valence-electron chi connectivity index (χ1n) is 7.29. The Hall–Kier alpha value is -1.87. The number of hydrogen-bond donors (Lipinski definition) is 2. The first-order valence-corrected chi connectivity index (χ1v) is 9.35. The van der Waals surface area contributed by atoms with Crippen LogP contribution in [0.25, 0.3) is 11.4 Å². The van der Waals surface area contributed by atoms with Gasteiger partial charge in [-0.2, -0.15) is 0 Å². The molecule has 24 heavy (non-hydrogen) atoms. The summed E-state index contributed by atoms with van der Waals surface area (Å²) in [5.41, 5.74) is 2.96. The zero-order valence-electron chi connectivity index (χ0n) is 12.9. The highest BCUT2D eigenvalue weighted by Crippen LogP contribution is 2.22. The van der Waals surface area contributed by atoms with E-state index in [-0.39, 0.29) is 11.7 Å². The van der Waals surface area contributed by atoms with E-state index in [0.717, 1.165) is 20.4 Å². The third kappa shape index (κ3) is 4.15. The number of benzene rings is 2. The van der Waals surface area contributed by atoms with Gasteiger partial charge in [0.25, 0.3) is 0 Å². The van der Waals surface area contributed by atoms with Crippen molar-refractivity contribution in [1.29, 1.82) is 0 Å². The molecular weight excluding hydrogens is 435 g/mol. The summed E-state index contributed by atoms with van der Waals surface area (Å²) in [4.78, 5) is 16.5. The quantitative estimate of drug-likeness (QED) is 0.454. The van der Waals surface area contributed by atoms with Gasteiger partial charge in [-0.05, 0) is 47.2 Å². The van der Waals surface area contributed by atoms with Gasteiger partial charge < -0.3 is 5.32 Å². The lowest BCUT2D eigenvalue weighted by Gasteiger charge is -2.05. The number of halogens is 1. The highest BCUT2D eigenvalue weighted by Gasteiger charge is 2.11. The van der Waals surface area contributed by atoms with Crippen LogP contribution in [-0.4, -0.2) is 26.8 Å².